The number of nitrogens with two attached hydrogens (primary N) is 1. The van der Waals surface area contributed by atoms with Crippen LogP contribution >= 0.6 is 0 Å². The molecule has 3 heteroatoms. The van der Waals surface area contributed by atoms with Crippen molar-refractivity contribution in [3.05, 3.63) is 12.8 Å². The van der Waals surface area contributed by atoms with Crippen molar-refractivity contribution in [3.8, 4) is 0 Å². The van der Waals surface area contributed by atoms with Crippen LogP contribution in [0.2, 0.25) is 0 Å². The van der Waals surface area contributed by atoms with Gasteiger partial charge in [-0.2, -0.15) is 0 Å². The summed E-state index contributed by atoms with van der Waals surface area (Å²) in [5, 5.41) is 3.32. The molecule has 0 fully saturated rings. The van der Waals surface area contributed by atoms with E-state index in [1.807, 2.05) is 13.8 Å². The molecular weight excluding hydrogens is 116 g/mol. The second-order valence-corrected chi connectivity index (χ2v) is 1.00. The minimum atomic E-state index is 0.389. The highest BCUT2D eigenvalue weighted by atomic mass is 16.6. The van der Waals surface area contributed by atoms with Gasteiger partial charge in [-0.25, -0.2) is 0 Å². The maximum Gasteiger partial charge on any atom is 0.136 e. The third-order valence-electron chi connectivity index (χ3n) is 0.271. The van der Waals surface area contributed by atoms with Gasteiger partial charge in [0.2, 0.25) is 0 Å². The molecule has 0 radical (unpaired) electrons. The quantitative estimate of drug-likeness (QED) is 0.266. The van der Waals surface area contributed by atoms with E-state index in [0.717, 1.165) is 0 Å². The number of hydrogen-bond donors (Lipinski definition) is 1. The fourth-order valence-corrected chi connectivity index (χ4v) is 0.120. The van der Waals surface area contributed by atoms with Crippen LogP contribution in [0.5, 0.6) is 0 Å². The summed E-state index contributed by atoms with van der Waals surface area (Å²) in [5.74, 6) is 0.389. The van der Waals surface area contributed by atoms with Crippen LogP contribution in [-0.4, -0.2) is 5.84 Å². The Bertz CT molecular complexity index is 85.1. The summed E-state index contributed by atoms with van der Waals surface area (Å²) in [5.41, 5.74) is 5.06. The van der Waals surface area contributed by atoms with E-state index < -0.39 is 0 Å². The first kappa shape index (κ1) is 10.9. The third-order valence-corrected chi connectivity index (χ3v) is 0.271. The molecule has 0 saturated carbocycles. The molecule has 3 nitrogen and oxygen atoms in total. The van der Waals surface area contributed by atoms with Gasteiger partial charge in [0.1, 0.15) is 12.1 Å². The molecule has 2 N–H and O–H groups in total. The molecule has 0 aromatic rings. The monoisotopic (exact) mass is 130 g/mol. The van der Waals surface area contributed by atoms with Gasteiger partial charge < -0.3 is 10.6 Å². The molecule has 0 unspecified atom stereocenters. The number of nitrogens with zero attached hydrogens (tertiary/aromatic N) is 1. The van der Waals surface area contributed by atoms with Gasteiger partial charge in [-0.15, -0.1) is 0 Å². The SMILES string of the molecule is C=CO/N=C(/C)N.CC. The first-order valence-electron chi connectivity index (χ1n) is 2.84. The lowest BCUT2D eigenvalue weighted by molar-refractivity contribution is 0.269. The molecule has 0 aliphatic rings. The zero-order valence-electron chi connectivity index (χ0n) is 6.22. The van der Waals surface area contributed by atoms with Crippen LogP contribution in [0.4, 0.5) is 0 Å². The van der Waals surface area contributed by atoms with Gasteiger partial charge in [-0.1, -0.05) is 25.6 Å². The summed E-state index contributed by atoms with van der Waals surface area (Å²) < 4.78 is 0. The average molecular weight is 130 g/mol. The van der Waals surface area contributed by atoms with E-state index in [2.05, 4.69) is 16.6 Å². The summed E-state index contributed by atoms with van der Waals surface area (Å²) in [4.78, 5) is 4.32. The van der Waals surface area contributed by atoms with Crippen LogP contribution in [0.1, 0.15) is 20.8 Å². The molecule has 0 atom stereocenters. The minimum absolute atomic E-state index is 0.389. The normalized spacial score (nSPS) is 9.00. The molecule has 0 amide bonds. The Kier molecular flexibility index (Phi) is 12.2. The van der Waals surface area contributed by atoms with Gasteiger partial charge in [0.15, 0.2) is 0 Å². The van der Waals surface area contributed by atoms with E-state index >= 15 is 0 Å². The minimum Gasteiger partial charge on any atom is -0.385 e. The van der Waals surface area contributed by atoms with Crippen LogP contribution in [0.3, 0.4) is 0 Å². The molecule has 54 valence electrons. The van der Waals surface area contributed by atoms with Crippen molar-refractivity contribution in [1.29, 1.82) is 0 Å². The lowest BCUT2D eigenvalue weighted by Crippen LogP contribution is -2.04. The predicted molar refractivity (Wildman–Crippen MR) is 39.9 cm³/mol. The number of hydrogen-bond acceptors (Lipinski definition) is 2. The van der Waals surface area contributed by atoms with E-state index in [-0.39, 0.29) is 0 Å². The van der Waals surface area contributed by atoms with Gasteiger partial charge in [-0.05, 0) is 6.92 Å². The van der Waals surface area contributed by atoms with Gasteiger partial charge >= 0.3 is 0 Å². The van der Waals surface area contributed by atoms with E-state index in [4.69, 9.17) is 5.73 Å². The summed E-state index contributed by atoms with van der Waals surface area (Å²) in [6.07, 6.45) is 1.20. The fraction of sp³-hybridized carbons (Fsp3) is 0.500. The van der Waals surface area contributed by atoms with Crippen LogP contribution in [0.15, 0.2) is 18.0 Å². The third kappa shape index (κ3) is 19.4. The molecule has 0 bridgehead atoms. The van der Waals surface area contributed by atoms with Crippen molar-refractivity contribution in [1.82, 2.24) is 0 Å². The first-order valence-corrected chi connectivity index (χ1v) is 2.84. The van der Waals surface area contributed by atoms with Crippen molar-refractivity contribution in [3.63, 3.8) is 0 Å². The summed E-state index contributed by atoms with van der Waals surface area (Å²) >= 11 is 0. The van der Waals surface area contributed by atoms with E-state index in [0.29, 0.717) is 5.84 Å². The zero-order valence-corrected chi connectivity index (χ0v) is 6.22. The summed E-state index contributed by atoms with van der Waals surface area (Å²) in [6.45, 7) is 8.88. The van der Waals surface area contributed by atoms with Gasteiger partial charge in [0.05, 0.1) is 0 Å². The van der Waals surface area contributed by atoms with Gasteiger partial charge in [0.25, 0.3) is 0 Å². The van der Waals surface area contributed by atoms with Crippen molar-refractivity contribution >= 4 is 5.84 Å². The van der Waals surface area contributed by atoms with E-state index in [1.54, 1.807) is 6.92 Å². The lowest BCUT2D eigenvalue weighted by atomic mass is 10.7. The van der Waals surface area contributed by atoms with Crippen molar-refractivity contribution < 1.29 is 4.84 Å². The van der Waals surface area contributed by atoms with Gasteiger partial charge in [-0.3, -0.25) is 0 Å². The number of rotatable bonds is 2. The Morgan fingerprint density at radius 1 is 1.67 bits per heavy atom. The van der Waals surface area contributed by atoms with E-state index in [1.165, 1.54) is 6.26 Å². The molecule has 0 aromatic heterocycles. The van der Waals surface area contributed by atoms with Crippen LogP contribution in [0, 0.1) is 0 Å². The highest BCUT2D eigenvalue weighted by Gasteiger charge is 1.70. The molecule has 0 spiro atoms. The van der Waals surface area contributed by atoms with Crippen LogP contribution in [0.25, 0.3) is 0 Å². The van der Waals surface area contributed by atoms with Crippen molar-refractivity contribution in [2.45, 2.75) is 20.8 Å². The van der Waals surface area contributed by atoms with Crippen molar-refractivity contribution in [2.75, 3.05) is 0 Å². The molecule has 0 aliphatic carbocycles. The Morgan fingerprint density at radius 3 is 2.22 bits per heavy atom. The Morgan fingerprint density at radius 2 is 2.11 bits per heavy atom. The molecular formula is C6H14N2O. The summed E-state index contributed by atoms with van der Waals surface area (Å²) in [6, 6.07) is 0. The highest BCUT2D eigenvalue weighted by molar-refractivity contribution is 5.76. The first-order chi connectivity index (χ1) is 4.27. The number of amidine groups is 1. The van der Waals surface area contributed by atoms with Crippen LogP contribution < -0.4 is 5.73 Å². The maximum atomic E-state index is 5.06. The second kappa shape index (κ2) is 10.1. The molecule has 0 heterocycles. The Balaban J connectivity index is 0. The van der Waals surface area contributed by atoms with Crippen LogP contribution in [-0.2, 0) is 4.84 Å². The topological polar surface area (TPSA) is 47.6 Å². The maximum absolute atomic E-state index is 5.06. The molecule has 0 aromatic carbocycles. The predicted octanol–water partition coefficient (Wildman–Crippen LogP) is 1.46. The largest absolute Gasteiger partial charge is 0.385 e. The summed E-state index contributed by atoms with van der Waals surface area (Å²) in [7, 11) is 0. The van der Waals surface area contributed by atoms with Gasteiger partial charge in [0, 0.05) is 0 Å². The molecule has 9 heavy (non-hydrogen) atoms. The zero-order chi connectivity index (χ0) is 7.70. The highest BCUT2D eigenvalue weighted by Crippen LogP contribution is 1.72. The Labute approximate surface area is 56.2 Å². The number of oxime groups is 1. The van der Waals surface area contributed by atoms with Crippen molar-refractivity contribution in [2.24, 2.45) is 10.9 Å². The second-order valence-electron chi connectivity index (χ2n) is 1.00. The smallest absolute Gasteiger partial charge is 0.136 e. The lowest BCUT2D eigenvalue weighted by Gasteiger charge is -1.85. The van der Waals surface area contributed by atoms with E-state index in [9.17, 15) is 0 Å². The fourth-order valence-electron chi connectivity index (χ4n) is 0.120. The Hall–Kier alpha value is -0.990. The molecule has 0 aliphatic heterocycles. The molecule has 0 rings (SSSR count). The average Bonchev–Trinajstić information content (AvgIpc) is 1.88. The standard InChI is InChI=1S/C4H8N2O.C2H6/c1-3-7-6-4(2)5;1-2/h3H,1H2,2H3,(H2,5,6);1-2H3. The molecule has 0 saturated heterocycles.